The molecule has 0 aromatic rings. The Hall–Kier alpha value is -3.10. The monoisotopic (exact) mass is 1170 g/mol. The number of nitrogens with zero attached hydrogens (tertiary/aromatic N) is 1. The first-order valence-corrected chi connectivity index (χ1v) is 35.9. The van der Waals surface area contributed by atoms with Crippen LogP contribution >= 0.6 is 7.82 Å². The molecular formula is C74H131N2O6P. The number of nitrogens with one attached hydrogen (secondary N) is 1. The number of aliphatic hydroxyl groups is 1. The Morgan fingerprint density at radius 2 is 0.747 bits per heavy atom. The highest BCUT2D eigenvalue weighted by Gasteiger charge is 2.23. The third-order valence-corrected chi connectivity index (χ3v) is 15.9. The molecule has 0 aliphatic carbocycles. The lowest BCUT2D eigenvalue weighted by Crippen LogP contribution is -2.45. The smallest absolute Gasteiger partial charge is 0.268 e. The number of hydrogen-bond acceptors (Lipinski definition) is 6. The first kappa shape index (κ1) is 79.9. The molecule has 3 atom stereocenters. The minimum Gasteiger partial charge on any atom is -0.756 e. The molecule has 0 saturated carbocycles. The van der Waals surface area contributed by atoms with Gasteiger partial charge in [0.15, 0.2) is 0 Å². The summed E-state index contributed by atoms with van der Waals surface area (Å²) in [5.74, 6) is -0.214. The SMILES string of the molecule is CC/C=C\C/C=C\C/C=C\C/C=C\C/C=C\C/C=C\C/C=C\C/C=C\CCCCCCCCCCCCC(=O)NC(COP(=O)([O-])OCC[N+](C)(C)C)C(O)/C=C/CC/C=C/CCCCCCCCCCCCCCCCCCCCCC. The summed E-state index contributed by atoms with van der Waals surface area (Å²) in [6, 6.07) is -0.916. The van der Waals surface area contributed by atoms with Crippen LogP contribution in [0.5, 0.6) is 0 Å². The number of carbonyl (C=O) groups excluding carboxylic acids is 1. The molecule has 0 fully saturated rings. The van der Waals surface area contributed by atoms with E-state index in [9.17, 15) is 19.4 Å². The van der Waals surface area contributed by atoms with Crippen LogP contribution in [0.25, 0.3) is 0 Å². The molecule has 9 heteroatoms. The number of aliphatic hydroxyl groups excluding tert-OH is 1. The van der Waals surface area contributed by atoms with Crippen molar-refractivity contribution in [2.24, 2.45) is 0 Å². The van der Waals surface area contributed by atoms with E-state index in [0.717, 1.165) is 96.3 Å². The fraction of sp³-hybridized carbons (Fsp3) is 0.716. The molecule has 3 unspecified atom stereocenters. The maximum atomic E-state index is 13.0. The molecule has 2 N–H and O–H groups in total. The van der Waals surface area contributed by atoms with E-state index in [-0.39, 0.29) is 12.5 Å². The second kappa shape index (κ2) is 63.4. The molecule has 0 aliphatic rings. The molecule has 0 aromatic carbocycles. The average molecular weight is 1180 g/mol. The van der Waals surface area contributed by atoms with Gasteiger partial charge in [-0.25, -0.2) is 0 Å². The number of rotatable bonds is 62. The van der Waals surface area contributed by atoms with Crippen LogP contribution in [0.3, 0.4) is 0 Å². The van der Waals surface area contributed by atoms with Crippen LogP contribution < -0.4 is 10.2 Å². The predicted octanol–water partition coefficient (Wildman–Crippen LogP) is 21.4. The molecule has 1 amide bonds. The summed E-state index contributed by atoms with van der Waals surface area (Å²) in [6.07, 6.45) is 94.5. The zero-order valence-electron chi connectivity index (χ0n) is 54.6. The second-order valence-electron chi connectivity index (χ2n) is 24.1. The molecule has 0 spiro atoms. The lowest BCUT2D eigenvalue weighted by Gasteiger charge is -2.29. The van der Waals surface area contributed by atoms with Gasteiger partial charge in [-0.05, 0) is 96.3 Å². The molecule has 0 heterocycles. The van der Waals surface area contributed by atoms with Crippen LogP contribution in [0, 0.1) is 0 Å². The van der Waals surface area contributed by atoms with Crippen molar-refractivity contribution in [3.63, 3.8) is 0 Å². The van der Waals surface area contributed by atoms with Crippen LogP contribution in [0.2, 0.25) is 0 Å². The quantitative estimate of drug-likeness (QED) is 0.0272. The molecule has 0 rings (SSSR count). The number of quaternary nitrogens is 1. The molecule has 83 heavy (non-hydrogen) atoms. The highest BCUT2D eigenvalue weighted by molar-refractivity contribution is 7.45. The third kappa shape index (κ3) is 66.3. The highest BCUT2D eigenvalue weighted by atomic mass is 31.2. The number of carbonyl (C=O) groups is 1. The summed E-state index contributed by atoms with van der Waals surface area (Å²) in [7, 11) is 1.23. The second-order valence-corrected chi connectivity index (χ2v) is 25.6. The third-order valence-electron chi connectivity index (χ3n) is 14.9. The highest BCUT2D eigenvalue weighted by Crippen LogP contribution is 2.38. The largest absolute Gasteiger partial charge is 0.756 e. The van der Waals surface area contributed by atoms with Gasteiger partial charge in [0.25, 0.3) is 7.82 Å². The van der Waals surface area contributed by atoms with Crippen molar-refractivity contribution < 1.29 is 32.9 Å². The van der Waals surface area contributed by atoms with Crippen LogP contribution in [-0.2, 0) is 18.4 Å². The number of phosphoric ester groups is 1. The van der Waals surface area contributed by atoms with E-state index in [4.69, 9.17) is 9.05 Å². The minimum absolute atomic E-state index is 0.0124. The number of unbranched alkanes of at least 4 members (excludes halogenated alkanes) is 31. The van der Waals surface area contributed by atoms with Gasteiger partial charge >= 0.3 is 0 Å². The normalized spacial score (nSPS) is 14.4. The first-order chi connectivity index (χ1) is 40.5. The maximum Gasteiger partial charge on any atom is 0.268 e. The molecule has 0 aliphatic heterocycles. The van der Waals surface area contributed by atoms with Gasteiger partial charge in [0.2, 0.25) is 5.91 Å². The van der Waals surface area contributed by atoms with E-state index in [1.54, 1.807) is 6.08 Å². The first-order valence-electron chi connectivity index (χ1n) is 34.4. The molecule has 8 nitrogen and oxygen atoms in total. The van der Waals surface area contributed by atoms with Crippen LogP contribution in [0.15, 0.2) is 122 Å². The van der Waals surface area contributed by atoms with Gasteiger partial charge in [0, 0.05) is 6.42 Å². The Bertz CT molecular complexity index is 1770. The average Bonchev–Trinajstić information content (AvgIpc) is 3.49. The van der Waals surface area contributed by atoms with Gasteiger partial charge in [-0.1, -0.05) is 309 Å². The molecule has 0 bridgehead atoms. The van der Waals surface area contributed by atoms with Gasteiger partial charge in [-0.3, -0.25) is 9.36 Å². The Labute approximate surface area is 514 Å². The van der Waals surface area contributed by atoms with Crippen molar-refractivity contribution in [1.82, 2.24) is 5.32 Å². The van der Waals surface area contributed by atoms with E-state index in [0.29, 0.717) is 17.4 Å². The van der Waals surface area contributed by atoms with Crippen molar-refractivity contribution in [1.29, 1.82) is 0 Å². The van der Waals surface area contributed by atoms with Gasteiger partial charge in [0.05, 0.1) is 39.9 Å². The fourth-order valence-electron chi connectivity index (χ4n) is 9.60. The van der Waals surface area contributed by atoms with Gasteiger partial charge in [-0.2, -0.15) is 0 Å². The Morgan fingerprint density at radius 3 is 1.12 bits per heavy atom. The van der Waals surface area contributed by atoms with Gasteiger partial charge in [-0.15, -0.1) is 0 Å². The Kier molecular flexibility index (Phi) is 61.0. The maximum absolute atomic E-state index is 13.0. The molecule has 0 radical (unpaired) electrons. The van der Waals surface area contributed by atoms with Crippen molar-refractivity contribution in [2.45, 2.75) is 302 Å². The van der Waals surface area contributed by atoms with E-state index in [1.165, 1.54) is 173 Å². The summed E-state index contributed by atoms with van der Waals surface area (Å²) >= 11 is 0. The van der Waals surface area contributed by atoms with Gasteiger partial charge < -0.3 is 28.8 Å². The van der Waals surface area contributed by atoms with E-state index < -0.39 is 26.6 Å². The Morgan fingerprint density at radius 1 is 0.434 bits per heavy atom. The molecular weight excluding hydrogens is 1040 g/mol. The molecule has 478 valence electrons. The summed E-state index contributed by atoms with van der Waals surface area (Å²) in [6.45, 7) is 4.53. The standard InChI is InChI=1S/C74H131N2O6P/c1-6-8-10-12-14-16-18-20-22-24-26-28-30-32-34-35-36-37-38-39-40-41-42-44-46-48-50-52-54-56-58-60-62-64-66-68-74(78)75-72(71-82-83(79,80)81-70-69-76(3,4)5)73(77)67-65-63-61-59-57-55-53-51-49-47-45-43-33-31-29-27-25-23-21-19-17-15-13-11-9-7-2/h8,10,14,16,20,22,26,28,32,34,36-37,39-40,42,44,57,59,65,67,72-73,77H,6-7,9,11-13,15,17-19,21,23-25,27,29-31,33,35,38,41,43,45-56,58,60-64,66,68-71H2,1-5H3,(H-,75,78,79,80)/b10-8-,16-14-,22-20-,28-26-,34-32-,37-36-,40-39-,44-42-,59-57+,67-65+. The zero-order valence-corrected chi connectivity index (χ0v) is 55.5. The lowest BCUT2D eigenvalue weighted by atomic mass is 10.0. The van der Waals surface area contributed by atoms with E-state index >= 15 is 0 Å². The van der Waals surface area contributed by atoms with Crippen LogP contribution in [0.1, 0.15) is 290 Å². The van der Waals surface area contributed by atoms with Crippen LogP contribution in [-0.4, -0.2) is 68.5 Å². The predicted molar refractivity (Wildman–Crippen MR) is 362 cm³/mol. The molecule has 0 aromatic heterocycles. The lowest BCUT2D eigenvalue weighted by molar-refractivity contribution is -0.870. The minimum atomic E-state index is -4.62. The zero-order chi connectivity index (χ0) is 60.5. The van der Waals surface area contributed by atoms with Gasteiger partial charge in [0.1, 0.15) is 13.2 Å². The number of hydrogen-bond donors (Lipinski definition) is 2. The topological polar surface area (TPSA) is 108 Å². The number of amides is 1. The summed E-state index contributed by atoms with van der Waals surface area (Å²) in [4.78, 5) is 25.6. The van der Waals surface area contributed by atoms with E-state index in [2.05, 4.69) is 129 Å². The van der Waals surface area contributed by atoms with E-state index in [1.807, 2.05) is 27.2 Å². The van der Waals surface area contributed by atoms with Crippen molar-refractivity contribution in [2.75, 3.05) is 40.9 Å². The van der Waals surface area contributed by atoms with Crippen molar-refractivity contribution in [3.05, 3.63) is 122 Å². The number of phosphoric acid groups is 1. The fourth-order valence-corrected chi connectivity index (χ4v) is 10.3. The summed E-state index contributed by atoms with van der Waals surface area (Å²) < 4.78 is 23.4. The van der Waals surface area contributed by atoms with Crippen molar-refractivity contribution >= 4 is 13.7 Å². The Balaban J connectivity index is 4.17. The summed E-state index contributed by atoms with van der Waals surface area (Å²) in [5.41, 5.74) is 0. The molecule has 0 saturated heterocycles. The number of allylic oxidation sites excluding steroid dienone is 19. The van der Waals surface area contributed by atoms with Crippen molar-refractivity contribution in [3.8, 4) is 0 Å². The van der Waals surface area contributed by atoms with Crippen LogP contribution in [0.4, 0.5) is 0 Å². The summed E-state index contributed by atoms with van der Waals surface area (Å²) in [5, 5.41) is 13.9. The number of likely N-dealkylation sites (N-methyl/N-ethyl adjacent to an activating group) is 1.